The van der Waals surface area contributed by atoms with E-state index in [0.717, 1.165) is 40.8 Å². The summed E-state index contributed by atoms with van der Waals surface area (Å²) in [4.78, 5) is 15.8. The molecule has 3 aromatic rings. The van der Waals surface area contributed by atoms with Crippen molar-refractivity contribution >= 4 is 6.08 Å². The van der Waals surface area contributed by atoms with Crippen molar-refractivity contribution in [3.05, 3.63) is 76.9 Å². The highest BCUT2D eigenvalue weighted by Gasteiger charge is 2.12. The van der Waals surface area contributed by atoms with Gasteiger partial charge in [-0.05, 0) is 41.3 Å². The Balaban J connectivity index is 0.00000225. The maximum Gasteiger partial charge on any atom is 0.264 e. The number of hydrogen-bond acceptors (Lipinski definition) is 3. The van der Waals surface area contributed by atoms with Gasteiger partial charge < -0.3 is 0 Å². The van der Waals surface area contributed by atoms with Gasteiger partial charge in [-0.3, -0.25) is 9.78 Å². The molecule has 0 fully saturated rings. The summed E-state index contributed by atoms with van der Waals surface area (Å²) in [5, 5.41) is 6.85. The quantitative estimate of drug-likeness (QED) is 0.761. The molecule has 2 heterocycles. The molecule has 4 heteroatoms. The number of nitrogens with one attached hydrogen (secondary N) is 1. The zero-order valence-electron chi connectivity index (χ0n) is 13.6. The molecule has 3 rings (SSSR count). The van der Waals surface area contributed by atoms with E-state index in [1.165, 1.54) is 5.56 Å². The third-order valence-electron chi connectivity index (χ3n) is 3.96. The molecule has 24 heavy (non-hydrogen) atoms. The van der Waals surface area contributed by atoms with E-state index in [1.54, 1.807) is 18.5 Å². The maximum atomic E-state index is 11.8. The van der Waals surface area contributed by atoms with Crippen molar-refractivity contribution in [1.82, 2.24) is 15.2 Å². The van der Waals surface area contributed by atoms with Gasteiger partial charge in [-0.25, -0.2) is 5.10 Å². The van der Waals surface area contributed by atoms with Crippen LogP contribution in [0, 0.1) is 0 Å². The fourth-order valence-corrected chi connectivity index (χ4v) is 2.81. The van der Waals surface area contributed by atoms with Gasteiger partial charge in [-0.1, -0.05) is 38.1 Å². The van der Waals surface area contributed by atoms with Crippen LogP contribution in [0.15, 0.2) is 60.2 Å². The number of H-pyrrole nitrogens is 1. The third-order valence-corrected chi connectivity index (χ3v) is 3.96. The number of nitrogens with zero attached hydrogens (tertiary/aromatic N) is 2. The highest BCUT2D eigenvalue weighted by molar-refractivity contribution is 5.80. The van der Waals surface area contributed by atoms with Crippen molar-refractivity contribution in [1.29, 1.82) is 0 Å². The Hall–Kier alpha value is -3.01. The lowest BCUT2D eigenvalue weighted by Crippen LogP contribution is -2.08. The Morgan fingerprint density at radius 2 is 1.96 bits per heavy atom. The van der Waals surface area contributed by atoms with Gasteiger partial charge in [0.25, 0.3) is 5.56 Å². The van der Waals surface area contributed by atoms with Gasteiger partial charge in [-0.15, -0.1) is 0 Å². The predicted octanol–water partition coefficient (Wildman–Crippen LogP) is 4.34. The van der Waals surface area contributed by atoms with Crippen LogP contribution in [0.4, 0.5) is 0 Å². The van der Waals surface area contributed by atoms with Gasteiger partial charge in [0.15, 0.2) is 0 Å². The molecule has 0 amide bonds. The van der Waals surface area contributed by atoms with Crippen LogP contribution < -0.4 is 5.56 Å². The van der Waals surface area contributed by atoms with Crippen LogP contribution in [-0.4, -0.2) is 15.2 Å². The Morgan fingerprint density at radius 1 is 1.17 bits per heavy atom. The van der Waals surface area contributed by atoms with Crippen LogP contribution in [0.3, 0.4) is 0 Å². The van der Waals surface area contributed by atoms with Gasteiger partial charge in [-0.2, -0.15) is 5.10 Å². The highest BCUT2D eigenvalue weighted by Crippen LogP contribution is 2.30. The summed E-state index contributed by atoms with van der Waals surface area (Å²) in [6.45, 7) is 6.04. The van der Waals surface area contributed by atoms with Crippen molar-refractivity contribution in [2.45, 2.75) is 19.8 Å². The molecule has 4 nitrogen and oxygen atoms in total. The summed E-state index contributed by atoms with van der Waals surface area (Å²) in [7, 11) is 0. The number of rotatable bonds is 5. The molecule has 0 bridgehead atoms. The Bertz CT molecular complexity index is 920. The molecule has 0 aliphatic heterocycles. The zero-order chi connectivity index (χ0) is 16.9. The zero-order valence-corrected chi connectivity index (χ0v) is 13.6. The second-order valence-electron chi connectivity index (χ2n) is 5.60. The van der Waals surface area contributed by atoms with Crippen LogP contribution in [0.1, 0.15) is 25.9 Å². The van der Waals surface area contributed by atoms with E-state index in [1.807, 2.05) is 24.3 Å². The lowest BCUT2D eigenvalue weighted by atomic mass is 9.95. The molecule has 0 unspecified atom stereocenters. The summed E-state index contributed by atoms with van der Waals surface area (Å²) >= 11 is 0. The van der Waals surface area contributed by atoms with Gasteiger partial charge >= 0.3 is 0 Å². The van der Waals surface area contributed by atoms with Crippen LogP contribution >= 0.6 is 0 Å². The fraction of sp³-hybridized carbons (Fsp3) is 0.150. The van der Waals surface area contributed by atoms with Crippen molar-refractivity contribution in [2.24, 2.45) is 0 Å². The third kappa shape index (κ3) is 3.18. The summed E-state index contributed by atoms with van der Waals surface area (Å²) in [6, 6.07) is 11.5. The summed E-state index contributed by atoms with van der Waals surface area (Å²) in [6.07, 6.45) is 7.33. The van der Waals surface area contributed by atoms with E-state index in [0.29, 0.717) is 0 Å². The molecule has 0 spiro atoms. The minimum absolute atomic E-state index is 0. The van der Waals surface area contributed by atoms with Gasteiger partial charge in [0.2, 0.25) is 0 Å². The standard InChI is InChI=1S/C20H19N3O.H2/c1-3-5-16-12-17(7-6-14(16)4-2)20-18(13-19(24)22-23-20)15-8-10-21-11-9-15;/h4,6-13H,2-3,5H2,1H3,(H,22,24);1H. The molecule has 0 radical (unpaired) electrons. The van der Waals surface area contributed by atoms with Crippen molar-refractivity contribution in [3.63, 3.8) is 0 Å². The molecule has 122 valence electrons. The number of pyridine rings is 1. The number of aromatic amines is 1. The van der Waals surface area contributed by atoms with Crippen molar-refractivity contribution < 1.29 is 1.43 Å². The largest absolute Gasteiger partial charge is 0.268 e. The number of aromatic nitrogens is 3. The van der Waals surface area contributed by atoms with E-state index >= 15 is 0 Å². The van der Waals surface area contributed by atoms with Crippen LogP contribution in [0.5, 0.6) is 0 Å². The van der Waals surface area contributed by atoms with E-state index in [4.69, 9.17) is 0 Å². The van der Waals surface area contributed by atoms with Gasteiger partial charge in [0, 0.05) is 31.0 Å². The Labute approximate surface area is 142 Å². The van der Waals surface area contributed by atoms with E-state index in [9.17, 15) is 4.79 Å². The molecule has 1 aromatic carbocycles. The van der Waals surface area contributed by atoms with Crippen LogP contribution in [0.2, 0.25) is 0 Å². The second kappa shape index (κ2) is 7.04. The monoisotopic (exact) mass is 319 g/mol. The predicted molar refractivity (Wildman–Crippen MR) is 99.7 cm³/mol. The maximum absolute atomic E-state index is 11.8. The molecule has 2 aromatic heterocycles. The van der Waals surface area contributed by atoms with E-state index in [2.05, 4.69) is 40.8 Å². The molecule has 0 atom stereocenters. The van der Waals surface area contributed by atoms with Crippen LogP contribution in [0.25, 0.3) is 28.5 Å². The van der Waals surface area contributed by atoms with Crippen molar-refractivity contribution in [2.75, 3.05) is 0 Å². The summed E-state index contributed by atoms with van der Waals surface area (Å²) < 4.78 is 0. The number of hydrogen-bond donors (Lipinski definition) is 1. The fourth-order valence-electron chi connectivity index (χ4n) is 2.81. The minimum atomic E-state index is -0.220. The lowest BCUT2D eigenvalue weighted by molar-refractivity contribution is 0.919. The molecule has 0 saturated carbocycles. The lowest BCUT2D eigenvalue weighted by Gasteiger charge is -2.11. The van der Waals surface area contributed by atoms with E-state index < -0.39 is 0 Å². The minimum Gasteiger partial charge on any atom is -0.268 e. The van der Waals surface area contributed by atoms with E-state index in [-0.39, 0.29) is 6.99 Å². The number of benzene rings is 1. The number of aryl methyl sites for hydroxylation is 1. The molecular weight excluding hydrogens is 298 g/mol. The molecule has 0 aliphatic rings. The molecular formula is C20H21N3O. The van der Waals surface area contributed by atoms with Crippen molar-refractivity contribution in [3.8, 4) is 22.4 Å². The Kier molecular flexibility index (Phi) is 4.66. The first-order chi connectivity index (χ1) is 11.7. The smallest absolute Gasteiger partial charge is 0.264 e. The van der Waals surface area contributed by atoms with Crippen LogP contribution in [-0.2, 0) is 6.42 Å². The molecule has 0 aliphatic carbocycles. The average Bonchev–Trinajstić information content (AvgIpc) is 2.62. The molecule has 0 saturated heterocycles. The van der Waals surface area contributed by atoms with Gasteiger partial charge in [0.05, 0.1) is 5.69 Å². The topological polar surface area (TPSA) is 58.6 Å². The summed E-state index contributed by atoms with van der Waals surface area (Å²) in [5.41, 5.74) is 5.61. The molecule has 1 N–H and O–H groups in total. The average molecular weight is 319 g/mol. The Morgan fingerprint density at radius 3 is 2.67 bits per heavy atom. The highest BCUT2D eigenvalue weighted by atomic mass is 16.1. The van der Waals surface area contributed by atoms with Gasteiger partial charge in [0.1, 0.15) is 0 Å². The second-order valence-corrected chi connectivity index (χ2v) is 5.60. The first-order valence-electron chi connectivity index (χ1n) is 7.98. The first-order valence-corrected chi connectivity index (χ1v) is 7.98. The normalized spacial score (nSPS) is 10.5. The summed E-state index contributed by atoms with van der Waals surface area (Å²) in [5.74, 6) is 0. The first kappa shape index (κ1) is 15.9. The SMILES string of the molecule is C=Cc1ccc(-c2n[nH]c(=O)cc2-c2ccncc2)cc1CCC.[HH].